The highest BCUT2D eigenvalue weighted by Gasteiger charge is 2.35. The van der Waals surface area contributed by atoms with Gasteiger partial charge in [-0.05, 0) is 36.2 Å². The first-order chi connectivity index (χ1) is 12.6. The molecule has 0 radical (unpaired) electrons. The van der Waals surface area contributed by atoms with E-state index in [1.54, 1.807) is 31.2 Å². The lowest BCUT2D eigenvalue weighted by molar-refractivity contribution is -0.115. The quantitative estimate of drug-likeness (QED) is 0.826. The van der Waals surface area contributed by atoms with Gasteiger partial charge in [-0.3, -0.25) is 9.59 Å². The van der Waals surface area contributed by atoms with Crippen molar-refractivity contribution < 1.29 is 9.59 Å². The van der Waals surface area contributed by atoms with E-state index in [1.165, 1.54) is 5.56 Å². The number of rotatable bonds is 5. The predicted molar refractivity (Wildman–Crippen MR) is 110 cm³/mol. The number of nitrogens with two attached hydrogens (primary N) is 1. The zero-order valence-corrected chi connectivity index (χ0v) is 16.2. The minimum Gasteiger partial charge on any atom is -0.338 e. The molecule has 0 aliphatic carbocycles. The Balaban J connectivity index is 0.00000261. The molecule has 0 aromatic heterocycles. The summed E-state index contributed by atoms with van der Waals surface area (Å²) < 4.78 is 0. The Morgan fingerprint density at radius 3 is 2.52 bits per heavy atom. The van der Waals surface area contributed by atoms with Crippen molar-refractivity contribution in [2.45, 2.75) is 19.3 Å². The molecule has 144 valence electrons. The summed E-state index contributed by atoms with van der Waals surface area (Å²) in [4.78, 5) is 26.4. The second kappa shape index (κ2) is 9.53. The lowest BCUT2D eigenvalue weighted by atomic mass is 9.89. The molecule has 1 aliphatic rings. The summed E-state index contributed by atoms with van der Waals surface area (Å²) in [5.41, 5.74) is 8.43. The van der Waals surface area contributed by atoms with Gasteiger partial charge in [0.05, 0.1) is 0 Å². The summed E-state index contributed by atoms with van der Waals surface area (Å²) in [5, 5.41) is 2.80. The van der Waals surface area contributed by atoms with Gasteiger partial charge in [-0.2, -0.15) is 0 Å². The fourth-order valence-electron chi connectivity index (χ4n) is 3.52. The number of hydrogen-bond acceptors (Lipinski definition) is 3. The summed E-state index contributed by atoms with van der Waals surface area (Å²) >= 11 is 0. The number of amides is 2. The molecule has 0 unspecified atom stereocenters. The average Bonchev–Trinajstić information content (AvgIpc) is 3.12. The zero-order chi connectivity index (χ0) is 18.5. The molecule has 6 heteroatoms. The van der Waals surface area contributed by atoms with Crippen molar-refractivity contribution in [2.24, 2.45) is 11.7 Å². The summed E-state index contributed by atoms with van der Waals surface area (Å²) in [6.07, 6.45) is 0.404. The van der Waals surface area contributed by atoms with Gasteiger partial charge in [-0.25, -0.2) is 0 Å². The number of hydrogen-bond donors (Lipinski definition) is 2. The molecule has 1 aliphatic heterocycles. The van der Waals surface area contributed by atoms with Crippen LogP contribution < -0.4 is 11.1 Å². The SMILES string of the molecule is CCC(=O)Nc1cccc(C(=O)N2C[C@@H](CN)[C@H](c3ccccc3)C2)c1.Cl. The molecule has 0 spiro atoms. The van der Waals surface area contributed by atoms with E-state index in [4.69, 9.17) is 5.73 Å². The van der Waals surface area contributed by atoms with E-state index < -0.39 is 0 Å². The topological polar surface area (TPSA) is 75.4 Å². The number of carbonyl (C=O) groups is 2. The van der Waals surface area contributed by atoms with Crippen LogP contribution in [-0.4, -0.2) is 36.3 Å². The number of nitrogens with one attached hydrogen (secondary N) is 1. The summed E-state index contributed by atoms with van der Waals surface area (Å²) in [7, 11) is 0. The van der Waals surface area contributed by atoms with E-state index in [9.17, 15) is 9.59 Å². The molecular weight excluding hydrogens is 362 g/mol. The molecule has 27 heavy (non-hydrogen) atoms. The van der Waals surface area contributed by atoms with Crippen molar-refractivity contribution in [1.29, 1.82) is 0 Å². The molecule has 2 atom stereocenters. The molecule has 1 saturated heterocycles. The van der Waals surface area contributed by atoms with Crippen LogP contribution in [0.3, 0.4) is 0 Å². The van der Waals surface area contributed by atoms with Gasteiger partial charge in [0.15, 0.2) is 0 Å². The molecule has 3 rings (SSSR count). The highest BCUT2D eigenvalue weighted by atomic mass is 35.5. The van der Waals surface area contributed by atoms with Crippen molar-refractivity contribution in [2.75, 3.05) is 25.0 Å². The van der Waals surface area contributed by atoms with E-state index in [0.29, 0.717) is 37.3 Å². The molecule has 0 bridgehead atoms. The average molecular weight is 388 g/mol. The predicted octanol–water partition coefficient (Wildman–Crippen LogP) is 3.27. The largest absolute Gasteiger partial charge is 0.338 e. The summed E-state index contributed by atoms with van der Waals surface area (Å²) in [6, 6.07) is 17.4. The Kier molecular flexibility index (Phi) is 7.39. The Bertz CT molecular complexity index is 782. The first-order valence-electron chi connectivity index (χ1n) is 9.06. The maximum absolute atomic E-state index is 13.0. The fraction of sp³-hybridized carbons (Fsp3) is 0.333. The van der Waals surface area contributed by atoms with E-state index in [1.807, 2.05) is 23.1 Å². The van der Waals surface area contributed by atoms with Crippen LogP contribution in [0.4, 0.5) is 5.69 Å². The van der Waals surface area contributed by atoms with Gasteiger partial charge in [-0.15, -0.1) is 12.4 Å². The maximum Gasteiger partial charge on any atom is 0.253 e. The number of benzene rings is 2. The Labute approximate surface area is 166 Å². The Hall–Kier alpha value is -2.37. The zero-order valence-electron chi connectivity index (χ0n) is 15.4. The minimum absolute atomic E-state index is 0. The van der Waals surface area contributed by atoms with Crippen molar-refractivity contribution in [3.63, 3.8) is 0 Å². The van der Waals surface area contributed by atoms with Crippen LogP contribution in [0.1, 0.15) is 35.2 Å². The number of anilines is 1. The fourth-order valence-corrected chi connectivity index (χ4v) is 3.52. The second-order valence-electron chi connectivity index (χ2n) is 6.71. The molecule has 2 amide bonds. The van der Waals surface area contributed by atoms with Gasteiger partial charge >= 0.3 is 0 Å². The molecule has 5 nitrogen and oxygen atoms in total. The van der Waals surface area contributed by atoms with E-state index in [2.05, 4.69) is 17.4 Å². The normalized spacial score (nSPS) is 18.7. The summed E-state index contributed by atoms with van der Waals surface area (Å²) in [6.45, 7) is 3.66. The van der Waals surface area contributed by atoms with Gasteiger partial charge in [-0.1, -0.05) is 43.3 Å². The van der Waals surface area contributed by atoms with Crippen molar-refractivity contribution in [3.8, 4) is 0 Å². The van der Waals surface area contributed by atoms with Gasteiger partial charge in [0, 0.05) is 36.7 Å². The van der Waals surface area contributed by atoms with Crippen LogP contribution in [-0.2, 0) is 4.79 Å². The smallest absolute Gasteiger partial charge is 0.253 e. The van der Waals surface area contributed by atoms with Gasteiger partial charge < -0.3 is 16.0 Å². The van der Waals surface area contributed by atoms with Crippen LogP contribution in [0.15, 0.2) is 54.6 Å². The number of carbonyl (C=O) groups excluding carboxylic acids is 2. The molecule has 2 aromatic carbocycles. The minimum atomic E-state index is -0.0666. The standard InChI is InChI=1S/C21H25N3O2.ClH/c1-2-20(25)23-18-10-6-9-16(11-18)21(26)24-13-17(12-22)19(14-24)15-7-4-3-5-8-15;/h3-11,17,19H,2,12-14,22H2,1H3,(H,23,25);1H/t17-,19+;/m1./s1. The number of halogens is 1. The van der Waals surface area contributed by atoms with Gasteiger partial charge in [0.1, 0.15) is 0 Å². The Morgan fingerprint density at radius 1 is 1.11 bits per heavy atom. The van der Waals surface area contributed by atoms with Crippen LogP contribution in [0, 0.1) is 5.92 Å². The lowest BCUT2D eigenvalue weighted by Crippen LogP contribution is -2.29. The molecular formula is C21H26ClN3O2. The summed E-state index contributed by atoms with van der Waals surface area (Å²) in [5.74, 6) is 0.426. The highest BCUT2D eigenvalue weighted by Crippen LogP contribution is 2.33. The lowest BCUT2D eigenvalue weighted by Gasteiger charge is -2.17. The van der Waals surface area contributed by atoms with Gasteiger partial charge in [0.25, 0.3) is 5.91 Å². The van der Waals surface area contributed by atoms with E-state index in [0.717, 1.165) is 0 Å². The number of nitrogens with zero attached hydrogens (tertiary/aromatic N) is 1. The molecule has 0 saturated carbocycles. The first kappa shape index (κ1) is 20.9. The van der Waals surface area contributed by atoms with Crippen LogP contribution >= 0.6 is 12.4 Å². The van der Waals surface area contributed by atoms with Crippen LogP contribution in [0.5, 0.6) is 0 Å². The Morgan fingerprint density at radius 2 is 1.85 bits per heavy atom. The molecule has 1 heterocycles. The van der Waals surface area contributed by atoms with E-state index in [-0.39, 0.29) is 36.1 Å². The first-order valence-corrected chi connectivity index (χ1v) is 9.06. The second-order valence-corrected chi connectivity index (χ2v) is 6.71. The number of likely N-dealkylation sites (tertiary alicyclic amines) is 1. The molecule has 2 aromatic rings. The van der Waals surface area contributed by atoms with E-state index >= 15 is 0 Å². The van der Waals surface area contributed by atoms with Crippen molar-refractivity contribution in [1.82, 2.24) is 4.90 Å². The third kappa shape index (κ3) is 4.87. The highest BCUT2D eigenvalue weighted by molar-refractivity contribution is 5.97. The third-order valence-corrected chi connectivity index (χ3v) is 4.97. The van der Waals surface area contributed by atoms with Crippen molar-refractivity contribution >= 4 is 29.9 Å². The van der Waals surface area contributed by atoms with Crippen LogP contribution in [0.2, 0.25) is 0 Å². The third-order valence-electron chi connectivity index (χ3n) is 4.97. The maximum atomic E-state index is 13.0. The van der Waals surface area contributed by atoms with Crippen molar-refractivity contribution in [3.05, 3.63) is 65.7 Å². The van der Waals surface area contributed by atoms with Crippen LogP contribution in [0.25, 0.3) is 0 Å². The molecule has 3 N–H and O–H groups in total. The van der Waals surface area contributed by atoms with Gasteiger partial charge in [0.2, 0.25) is 5.91 Å². The monoisotopic (exact) mass is 387 g/mol. The molecule has 1 fully saturated rings.